The maximum absolute atomic E-state index is 10.7. The summed E-state index contributed by atoms with van der Waals surface area (Å²) < 4.78 is 0. The van der Waals surface area contributed by atoms with Crippen molar-refractivity contribution in [3.05, 3.63) is 53.6 Å². The van der Waals surface area contributed by atoms with Gasteiger partial charge in [-0.3, -0.25) is 0 Å². The Morgan fingerprint density at radius 3 is 2.53 bits per heavy atom. The van der Waals surface area contributed by atoms with Crippen LogP contribution in [-0.4, -0.2) is 16.6 Å². The molecule has 0 saturated heterocycles. The fourth-order valence-corrected chi connectivity index (χ4v) is 1.73. The van der Waals surface area contributed by atoms with Crippen molar-refractivity contribution in [2.45, 2.75) is 25.8 Å². The Hall–Kier alpha value is -2.23. The Morgan fingerprint density at radius 1 is 1.32 bits per heavy atom. The van der Waals surface area contributed by atoms with Gasteiger partial charge >= 0.3 is 5.97 Å². The highest BCUT2D eigenvalue weighted by Gasteiger charge is 2.20. The van der Waals surface area contributed by atoms with E-state index in [1.807, 2.05) is 19.1 Å². The third kappa shape index (κ3) is 3.37. The average molecular weight is 256 g/mol. The molecule has 1 aromatic rings. The van der Waals surface area contributed by atoms with Gasteiger partial charge in [-0.05, 0) is 44.5 Å². The Balaban J connectivity index is 2.11. The van der Waals surface area contributed by atoms with Crippen LogP contribution < -0.4 is 0 Å². The first-order valence-electron chi connectivity index (χ1n) is 6.11. The van der Waals surface area contributed by atoms with Crippen LogP contribution in [0.5, 0.6) is 0 Å². The van der Waals surface area contributed by atoms with Crippen LogP contribution >= 0.6 is 0 Å². The number of allylic oxidation sites excluding steroid dienone is 2. The van der Waals surface area contributed by atoms with E-state index in [1.54, 1.807) is 12.1 Å². The maximum atomic E-state index is 10.7. The lowest BCUT2D eigenvalue weighted by molar-refractivity contribution is 0.0697. The molecule has 1 aliphatic carbocycles. The van der Waals surface area contributed by atoms with Gasteiger partial charge in [0.05, 0.1) is 11.3 Å². The van der Waals surface area contributed by atoms with E-state index in [0.29, 0.717) is 5.69 Å². The van der Waals surface area contributed by atoms with Crippen LogP contribution in [-0.2, 0) is 0 Å². The lowest BCUT2D eigenvalue weighted by Crippen LogP contribution is -2.18. The lowest BCUT2D eigenvalue weighted by atomic mass is 9.92. The van der Waals surface area contributed by atoms with Crippen molar-refractivity contribution in [2.24, 2.45) is 10.2 Å². The number of azo groups is 1. The van der Waals surface area contributed by atoms with Gasteiger partial charge in [0.15, 0.2) is 0 Å². The summed E-state index contributed by atoms with van der Waals surface area (Å²) >= 11 is 0. The van der Waals surface area contributed by atoms with Crippen LogP contribution in [0.15, 0.2) is 58.3 Å². The van der Waals surface area contributed by atoms with Crippen molar-refractivity contribution in [2.75, 3.05) is 0 Å². The molecule has 4 nitrogen and oxygen atoms in total. The molecule has 19 heavy (non-hydrogen) atoms. The molecule has 98 valence electrons. The summed E-state index contributed by atoms with van der Waals surface area (Å²) in [6.07, 6.45) is 7.03. The second-order valence-electron chi connectivity index (χ2n) is 4.89. The highest BCUT2D eigenvalue weighted by molar-refractivity contribution is 5.87. The fraction of sp³-hybridized carbons (Fsp3) is 0.267. The van der Waals surface area contributed by atoms with Gasteiger partial charge in [0.1, 0.15) is 5.54 Å². The molecular weight excluding hydrogens is 240 g/mol. The molecule has 1 unspecified atom stereocenters. The van der Waals surface area contributed by atoms with Crippen molar-refractivity contribution in [1.29, 1.82) is 0 Å². The van der Waals surface area contributed by atoms with E-state index in [9.17, 15) is 4.79 Å². The first-order valence-corrected chi connectivity index (χ1v) is 6.11. The summed E-state index contributed by atoms with van der Waals surface area (Å²) in [6, 6.07) is 6.37. The molecule has 2 rings (SSSR count). The molecule has 0 bridgehead atoms. The molecule has 0 radical (unpaired) electrons. The standard InChI is InChI=1S/C15H16N2O2/c1-11-7-9-15(2,10-8-11)17-16-13-5-3-12(4-6-13)14(18)19/h3-9H,10H2,1-2H3,(H,18,19). The van der Waals surface area contributed by atoms with E-state index in [0.717, 1.165) is 6.42 Å². The maximum Gasteiger partial charge on any atom is 0.335 e. The van der Waals surface area contributed by atoms with Gasteiger partial charge in [-0.25, -0.2) is 4.79 Å². The highest BCUT2D eigenvalue weighted by Crippen LogP contribution is 2.26. The molecule has 4 heteroatoms. The molecule has 0 saturated carbocycles. The molecule has 0 spiro atoms. The van der Waals surface area contributed by atoms with E-state index in [4.69, 9.17) is 5.11 Å². The Bertz CT molecular complexity index is 570. The highest BCUT2D eigenvalue weighted by atomic mass is 16.4. The predicted molar refractivity (Wildman–Crippen MR) is 73.8 cm³/mol. The molecule has 1 aromatic carbocycles. The first-order chi connectivity index (χ1) is 8.98. The molecule has 1 atom stereocenters. The molecule has 0 heterocycles. The number of nitrogens with zero attached hydrogens (tertiary/aromatic N) is 2. The average Bonchev–Trinajstić information content (AvgIpc) is 2.41. The van der Waals surface area contributed by atoms with E-state index >= 15 is 0 Å². The van der Waals surface area contributed by atoms with Gasteiger partial charge in [-0.15, -0.1) is 0 Å². The molecule has 0 fully saturated rings. The van der Waals surface area contributed by atoms with Gasteiger partial charge in [0.25, 0.3) is 0 Å². The third-order valence-corrected chi connectivity index (χ3v) is 3.05. The second-order valence-corrected chi connectivity index (χ2v) is 4.89. The molecule has 1 aliphatic rings. The number of hydrogen-bond donors (Lipinski definition) is 1. The van der Waals surface area contributed by atoms with Gasteiger partial charge in [-0.2, -0.15) is 10.2 Å². The van der Waals surface area contributed by atoms with Crippen LogP contribution in [0.4, 0.5) is 5.69 Å². The fourth-order valence-electron chi connectivity index (χ4n) is 1.73. The van der Waals surface area contributed by atoms with Crippen LogP contribution in [0.25, 0.3) is 0 Å². The first kappa shape index (κ1) is 13.2. The van der Waals surface area contributed by atoms with Crippen LogP contribution in [0, 0.1) is 0 Å². The summed E-state index contributed by atoms with van der Waals surface area (Å²) in [5, 5.41) is 17.3. The van der Waals surface area contributed by atoms with Crippen molar-refractivity contribution >= 4 is 11.7 Å². The van der Waals surface area contributed by atoms with Gasteiger partial charge in [0, 0.05) is 0 Å². The zero-order chi connectivity index (χ0) is 13.9. The Morgan fingerprint density at radius 2 is 2.00 bits per heavy atom. The molecule has 0 aromatic heterocycles. The second kappa shape index (κ2) is 5.18. The SMILES string of the molecule is CC1=CCC(C)(N=Nc2ccc(C(=O)O)cc2)C=C1. The summed E-state index contributed by atoms with van der Waals surface area (Å²) in [5.74, 6) is -0.939. The van der Waals surface area contributed by atoms with Crippen molar-refractivity contribution in [1.82, 2.24) is 0 Å². The number of carboxylic acid groups (broad SMARTS) is 1. The van der Waals surface area contributed by atoms with Crippen molar-refractivity contribution in [3.8, 4) is 0 Å². The van der Waals surface area contributed by atoms with E-state index in [-0.39, 0.29) is 11.1 Å². The third-order valence-electron chi connectivity index (χ3n) is 3.05. The number of carbonyl (C=O) groups is 1. The number of hydrogen-bond acceptors (Lipinski definition) is 3. The van der Waals surface area contributed by atoms with Crippen LogP contribution in [0.2, 0.25) is 0 Å². The topological polar surface area (TPSA) is 62.0 Å². The zero-order valence-corrected chi connectivity index (χ0v) is 11.0. The number of rotatable bonds is 3. The van der Waals surface area contributed by atoms with Gasteiger partial charge < -0.3 is 5.11 Å². The predicted octanol–water partition coefficient (Wildman–Crippen LogP) is 4.13. The molecule has 1 N–H and O–H groups in total. The number of benzene rings is 1. The van der Waals surface area contributed by atoms with Crippen LogP contribution in [0.1, 0.15) is 30.6 Å². The van der Waals surface area contributed by atoms with Gasteiger partial charge in [0.2, 0.25) is 0 Å². The number of aromatic carboxylic acids is 1. The van der Waals surface area contributed by atoms with Crippen molar-refractivity contribution < 1.29 is 9.90 Å². The smallest absolute Gasteiger partial charge is 0.335 e. The normalized spacial score (nSPS) is 22.5. The lowest BCUT2D eigenvalue weighted by Gasteiger charge is -2.21. The summed E-state index contributed by atoms with van der Waals surface area (Å²) in [6.45, 7) is 4.07. The molecular formula is C15H16N2O2. The van der Waals surface area contributed by atoms with Crippen LogP contribution in [0.3, 0.4) is 0 Å². The van der Waals surface area contributed by atoms with Crippen molar-refractivity contribution in [3.63, 3.8) is 0 Å². The Labute approximate surface area is 112 Å². The minimum absolute atomic E-state index is 0.251. The van der Waals surface area contributed by atoms with E-state index in [1.165, 1.54) is 17.7 Å². The van der Waals surface area contributed by atoms with E-state index < -0.39 is 5.97 Å². The monoisotopic (exact) mass is 256 g/mol. The largest absolute Gasteiger partial charge is 0.478 e. The minimum Gasteiger partial charge on any atom is -0.478 e. The summed E-state index contributed by atoms with van der Waals surface area (Å²) in [4.78, 5) is 10.7. The van der Waals surface area contributed by atoms with E-state index in [2.05, 4.69) is 23.2 Å². The molecule has 0 amide bonds. The zero-order valence-electron chi connectivity index (χ0n) is 11.0. The number of carboxylic acids is 1. The Kier molecular flexibility index (Phi) is 3.60. The quantitative estimate of drug-likeness (QED) is 0.826. The summed E-state index contributed by atoms with van der Waals surface area (Å²) in [7, 11) is 0. The molecule has 0 aliphatic heterocycles. The van der Waals surface area contributed by atoms with Gasteiger partial charge in [-0.1, -0.05) is 23.8 Å². The summed E-state index contributed by atoms with van der Waals surface area (Å²) in [5.41, 5.74) is 1.83. The minimum atomic E-state index is -0.939.